The molecular weight excluding hydrogens is 252 g/mol. The summed E-state index contributed by atoms with van der Waals surface area (Å²) in [5.41, 5.74) is 8.86. The molecule has 0 bridgehead atoms. The third-order valence-corrected chi connectivity index (χ3v) is 3.02. The highest BCUT2D eigenvalue weighted by Crippen LogP contribution is 2.24. The van der Waals surface area contributed by atoms with Crippen LogP contribution in [0.3, 0.4) is 0 Å². The maximum Gasteiger partial charge on any atom is 0.192 e. The lowest BCUT2D eigenvalue weighted by Gasteiger charge is -2.16. The fourth-order valence-electron chi connectivity index (χ4n) is 2.03. The lowest BCUT2D eigenvalue weighted by atomic mass is 10.1. The van der Waals surface area contributed by atoms with Crippen molar-refractivity contribution >= 4 is 11.1 Å². The van der Waals surface area contributed by atoms with Crippen molar-refractivity contribution in [2.45, 2.75) is 26.3 Å². The van der Waals surface area contributed by atoms with Gasteiger partial charge in [-0.25, -0.2) is 15.0 Å². The van der Waals surface area contributed by atoms with Crippen molar-refractivity contribution in [1.82, 2.24) is 15.0 Å². The zero-order chi connectivity index (χ0) is 14.3. The Morgan fingerprint density at radius 2 is 1.95 bits per heavy atom. The van der Waals surface area contributed by atoms with Crippen molar-refractivity contribution in [3.8, 4) is 11.3 Å². The Balaban J connectivity index is 2.10. The summed E-state index contributed by atoms with van der Waals surface area (Å²) in [6, 6.07) is 7.70. The van der Waals surface area contributed by atoms with Gasteiger partial charge in [0.1, 0.15) is 11.3 Å². The van der Waals surface area contributed by atoms with E-state index in [1.807, 2.05) is 45.0 Å². The van der Waals surface area contributed by atoms with E-state index < -0.39 is 5.54 Å². The number of aryl methyl sites for hydroxylation is 1. The second-order valence-corrected chi connectivity index (χ2v) is 5.40. The Bertz CT molecular complexity index is 771. The monoisotopic (exact) mass is 268 g/mol. The zero-order valence-electron chi connectivity index (χ0n) is 11.7. The van der Waals surface area contributed by atoms with Crippen LogP contribution >= 0.6 is 0 Å². The van der Waals surface area contributed by atoms with Crippen molar-refractivity contribution in [2.24, 2.45) is 5.73 Å². The van der Waals surface area contributed by atoms with Crippen LogP contribution in [0.25, 0.3) is 22.4 Å². The van der Waals surface area contributed by atoms with Crippen LogP contribution in [-0.4, -0.2) is 15.0 Å². The van der Waals surface area contributed by atoms with Crippen LogP contribution in [0.5, 0.6) is 0 Å². The van der Waals surface area contributed by atoms with E-state index in [1.165, 1.54) is 0 Å². The van der Waals surface area contributed by atoms with Gasteiger partial charge in [0.15, 0.2) is 11.5 Å². The van der Waals surface area contributed by atoms with Crippen molar-refractivity contribution in [1.29, 1.82) is 0 Å². The van der Waals surface area contributed by atoms with E-state index in [4.69, 9.17) is 10.2 Å². The number of oxazole rings is 1. The second kappa shape index (κ2) is 4.38. The minimum absolute atomic E-state index is 0.567. The SMILES string of the molecule is Cc1nc2ccc(-c3ccnc(C(C)(C)N)n3)cc2o1. The highest BCUT2D eigenvalue weighted by atomic mass is 16.3. The third kappa shape index (κ3) is 2.28. The van der Waals surface area contributed by atoms with E-state index in [9.17, 15) is 0 Å². The Morgan fingerprint density at radius 1 is 1.15 bits per heavy atom. The molecule has 0 aliphatic carbocycles. The predicted molar refractivity (Wildman–Crippen MR) is 77.0 cm³/mol. The van der Waals surface area contributed by atoms with Gasteiger partial charge in [-0.2, -0.15) is 0 Å². The standard InChI is InChI=1S/C15H16N4O/c1-9-18-12-5-4-10(8-13(12)20-9)11-6-7-17-14(19-11)15(2,3)16/h4-8H,16H2,1-3H3. The number of fused-ring (bicyclic) bond motifs is 1. The molecule has 102 valence electrons. The highest BCUT2D eigenvalue weighted by molar-refractivity contribution is 5.79. The summed E-state index contributed by atoms with van der Waals surface area (Å²) in [7, 11) is 0. The van der Waals surface area contributed by atoms with Gasteiger partial charge < -0.3 is 10.2 Å². The van der Waals surface area contributed by atoms with Gasteiger partial charge >= 0.3 is 0 Å². The van der Waals surface area contributed by atoms with E-state index in [0.717, 1.165) is 22.4 Å². The second-order valence-electron chi connectivity index (χ2n) is 5.40. The lowest BCUT2D eigenvalue weighted by molar-refractivity contribution is 0.514. The first-order valence-corrected chi connectivity index (χ1v) is 6.43. The van der Waals surface area contributed by atoms with Crippen LogP contribution in [0, 0.1) is 6.92 Å². The number of rotatable bonds is 2. The largest absolute Gasteiger partial charge is 0.441 e. The zero-order valence-corrected chi connectivity index (χ0v) is 11.7. The quantitative estimate of drug-likeness (QED) is 0.773. The van der Waals surface area contributed by atoms with E-state index in [1.54, 1.807) is 6.20 Å². The molecule has 2 heterocycles. The number of benzene rings is 1. The topological polar surface area (TPSA) is 77.8 Å². The fourth-order valence-corrected chi connectivity index (χ4v) is 2.03. The van der Waals surface area contributed by atoms with Gasteiger partial charge in [-0.15, -0.1) is 0 Å². The van der Waals surface area contributed by atoms with Crippen molar-refractivity contribution in [2.75, 3.05) is 0 Å². The Labute approximate surface area is 116 Å². The molecule has 20 heavy (non-hydrogen) atoms. The van der Waals surface area contributed by atoms with Gasteiger partial charge in [0.05, 0.1) is 11.2 Å². The number of hydrogen-bond donors (Lipinski definition) is 1. The normalized spacial score (nSPS) is 12.0. The van der Waals surface area contributed by atoms with Crippen LogP contribution in [-0.2, 0) is 5.54 Å². The van der Waals surface area contributed by atoms with Gasteiger partial charge in [0, 0.05) is 18.7 Å². The van der Waals surface area contributed by atoms with Gasteiger partial charge in [0.2, 0.25) is 0 Å². The summed E-state index contributed by atoms with van der Waals surface area (Å²) in [6.45, 7) is 5.60. The number of hydrogen-bond acceptors (Lipinski definition) is 5. The molecular formula is C15H16N4O. The summed E-state index contributed by atoms with van der Waals surface area (Å²) in [5, 5.41) is 0. The molecule has 0 fully saturated rings. The van der Waals surface area contributed by atoms with Crippen LogP contribution in [0.4, 0.5) is 0 Å². The average molecular weight is 268 g/mol. The molecule has 2 N–H and O–H groups in total. The highest BCUT2D eigenvalue weighted by Gasteiger charge is 2.18. The Hall–Kier alpha value is -2.27. The molecule has 0 aliphatic heterocycles. The molecule has 0 spiro atoms. The summed E-state index contributed by atoms with van der Waals surface area (Å²) < 4.78 is 5.55. The molecule has 0 atom stereocenters. The molecule has 3 rings (SSSR count). The van der Waals surface area contributed by atoms with Gasteiger partial charge in [-0.3, -0.25) is 0 Å². The predicted octanol–water partition coefficient (Wildman–Crippen LogP) is 2.79. The molecule has 0 unspecified atom stereocenters. The molecule has 0 saturated carbocycles. The summed E-state index contributed by atoms with van der Waals surface area (Å²) >= 11 is 0. The summed E-state index contributed by atoms with van der Waals surface area (Å²) in [4.78, 5) is 13.0. The van der Waals surface area contributed by atoms with Crippen molar-refractivity contribution < 1.29 is 4.42 Å². The first-order valence-electron chi connectivity index (χ1n) is 6.43. The Kier molecular flexibility index (Phi) is 2.79. The fraction of sp³-hybridized carbons (Fsp3) is 0.267. The Morgan fingerprint density at radius 3 is 2.70 bits per heavy atom. The average Bonchev–Trinajstić information content (AvgIpc) is 2.77. The molecule has 5 heteroatoms. The van der Waals surface area contributed by atoms with Crippen molar-refractivity contribution in [3.63, 3.8) is 0 Å². The van der Waals surface area contributed by atoms with Crippen LogP contribution in [0.2, 0.25) is 0 Å². The molecule has 0 aliphatic rings. The molecule has 0 saturated heterocycles. The van der Waals surface area contributed by atoms with E-state index in [-0.39, 0.29) is 0 Å². The number of nitrogens with two attached hydrogens (primary N) is 1. The molecule has 0 amide bonds. The molecule has 5 nitrogen and oxygen atoms in total. The molecule has 1 aromatic carbocycles. The maximum atomic E-state index is 6.04. The number of aromatic nitrogens is 3. The van der Waals surface area contributed by atoms with E-state index >= 15 is 0 Å². The van der Waals surface area contributed by atoms with Gasteiger partial charge in [-0.05, 0) is 32.0 Å². The van der Waals surface area contributed by atoms with E-state index in [2.05, 4.69) is 15.0 Å². The summed E-state index contributed by atoms with van der Waals surface area (Å²) in [6.07, 6.45) is 1.72. The first-order chi connectivity index (χ1) is 9.43. The van der Waals surface area contributed by atoms with Crippen LogP contribution in [0.15, 0.2) is 34.9 Å². The maximum absolute atomic E-state index is 6.04. The molecule has 0 radical (unpaired) electrons. The minimum Gasteiger partial charge on any atom is -0.441 e. The van der Waals surface area contributed by atoms with Crippen LogP contribution in [0.1, 0.15) is 25.6 Å². The summed E-state index contributed by atoms with van der Waals surface area (Å²) in [5.74, 6) is 1.27. The minimum atomic E-state index is -0.567. The van der Waals surface area contributed by atoms with Crippen molar-refractivity contribution in [3.05, 3.63) is 42.2 Å². The first kappa shape index (κ1) is 12.7. The molecule has 2 aromatic heterocycles. The number of nitrogens with zero attached hydrogens (tertiary/aromatic N) is 3. The van der Waals surface area contributed by atoms with E-state index in [0.29, 0.717) is 11.7 Å². The van der Waals surface area contributed by atoms with Gasteiger partial charge in [0.25, 0.3) is 0 Å². The smallest absolute Gasteiger partial charge is 0.192 e. The third-order valence-electron chi connectivity index (χ3n) is 3.02. The van der Waals surface area contributed by atoms with Gasteiger partial charge in [-0.1, -0.05) is 6.07 Å². The molecule has 3 aromatic rings. The van der Waals surface area contributed by atoms with Crippen LogP contribution < -0.4 is 5.73 Å². The lowest BCUT2D eigenvalue weighted by Crippen LogP contribution is -2.31.